The van der Waals surface area contributed by atoms with Crippen molar-refractivity contribution < 1.29 is 4.79 Å². The highest BCUT2D eigenvalue weighted by Gasteiger charge is 2.14. The third kappa shape index (κ3) is 5.34. The first-order valence-corrected chi connectivity index (χ1v) is 10.1. The molecule has 0 bridgehead atoms. The Morgan fingerprint density at radius 3 is 2.63 bits per heavy atom. The molecule has 0 unspecified atom stereocenters. The standard InChI is InChI=1S/C20H21ClN4OS/c1-25-19(16-11-5-6-12-17(16)21)23-24-20(25)27-14-18(26)22-13-7-10-15-8-3-2-4-9-15/h2-6,8-9,11-12H,7,10,13-14H2,1H3,(H,22,26). The maximum Gasteiger partial charge on any atom is 0.230 e. The van der Waals surface area contributed by atoms with Gasteiger partial charge < -0.3 is 9.88 Å². The average Bonchev–Trinajstić information content (AvgIpc) is 3.05. The first-order valence-electron chi connectivity index (χ1n) is 8.73. The molecule has 2 aromatic carbocycles. The Hall–Kier alpha value is -2.31. The molecule has 5 nitrogen and oxygen atoms in total. The summed E-state index contributed by atoms with van der Waals surface area (Å²) in [6.45, 7) is 0.665. The van der Waals surface area contributed by atoms with Crippen molar-refractivity contribution in [2.45, 2.75) is 18.0 Å². The van der Waals surface area contributed by atoms with Gasteiger partial charge in [0, 0.05) is 19.2 Å². The van der Waals surface area contributed by atoms with E-state index in [0.29, 0.717) is 28.3 Å². The molecule has 1 aromatic heterocycles. The van der Waals surface area contributed by atoms with Gasteiger partial charge in [-0.2, -0.15) is 0 Å². The molecule has 1 N–H and O–H groups in total. The van der Waals surface area contributed by atoms with E-state index in [1.165, 1.54) is 17.3 Å². The third-order valence-corrected chi connectivity index (χ3v) is 5.44. The third-order valence-electron chi connectivity index (χ3n) is 4.09. The number of nitrogens with zero attached hydrogens (tertiary/aromatic N) is 3. The minimum Gasteiger partial charge on any atom is -0.355 e. The lowest BCUT2D eigenvalue weighted by molar-refractivity contribution is -0.118. The summed E-state index contributed by atoms with van der Waals surface area (Å²) in [7, 11) is 1.87. The Bertz CT molecular complexity index is 898. The molecule has 0 spiro atoms. The van der Waals surface area contributed by atoms with Crippen LogP contribution in [0.5, 0.6) is 0 Å². The molecule has 0 radical (unpaired) electrons. The summed E-state index contributed by atoms with van der Waals surface area (Å²) >= 11 is 7.60. The van der Waals surface area contributed by atoms with Crippen molar-refractivity contribution in [2.24, 2.45) is 7.05 Å². The lowest BCUT2D eigenvalue weighted by Crippen LogP contribution is -2.26. The van der Waals surface area contributed by atoms with E-state index in [4.69, 9.17) is 11.6 Å². The van der Waals surface area contributed by atoms with Crippen molar-refractivity contribution in [1.82, 2.24) is 20.1 Å². The molecule has 7 heteroatoms. The van der Waals surface area contributed by atoms with E-state index in [1.54, 1.807) is 0 Å². The lowest BCUT2D eigenvalue weighted by Gasteiger charge is -2.06. The second-order valence-corrected chi connectivity index (χ2v) is 7.42. The fourth-order valence-electron chi connectivity index (χ4n) is 2.66. The number of hydrogen-bond acceptors (Lipinski definition) is 4. The molecule has 27 heavy (non-hydrogen) atoms. The van der Waals surface area contributed by atoms with Crippen LogP contribution in [0.15, 0.2) is 59.8 Å². The quantitative estimate of drug-likeness (QED) is 0.459. The molecule has 1 heterocycles. The number of carbonyl (C=O) groups excluding carboxylic acids is 1. The number of nitrogens with one attached hydrogen (secondary N) is 1. The van der Waals surface area contributed by atoms with Gasteiger partial charge in [0.15, 0.2) is 11.0 Å². The minimum absolute atomic E-state index is 0.00430. The maximum atomic E-state index is 12.1. The maximum absolute atomic E-state index is 12.1. The number of hydrogen-bond donors (Lipinski definition) is 1. The van der Waals surface area contributed by atoms with Crippen LogP contribution in [0.3, 0.4) is 0 Å². The summed E-state index contributed by atoms with van der Waals surface area (Å²) in [4.78, 5) is 12.1. The van der Waals surface area contributed by atoms with Crippen LogP contribution in [0.1, 0.15) is 12.0 Å². The van der Waals surface area contributed by atoms with Crippen LogP contribution in [0.25, 0.3) is 11.4 Å². The van der Waals surface area contributed by atoms with E-state index < -0.39 is 0 Å². The smallest absolute Gasteiger partial charge is 0.230 e. The topological polar surface area (TPSA) is 59.8 Å². The van der Waals surface area contributed by atoms with Gasteiger partial charge in [-0.25, -0.2) is 0 Å². The number of thioether (sulfide) groups is 1. The molecular formula is C20H21ClN4OS. The Kier molecular flexibility index (Phi) is 6.90. The Labute approximate surface area is 168 Å². The summed E-state index contributed by atoms with van der Waals surface area (Å²) in [5, 5.41) is 12.7. The van der Waals surface area contributed by atoms with Gasteiger partial charge in [-0.05, 0) is 30.5 Å². The van der Waals surface area contributed by atoms with E-state index in [0.717, 1.165) is 18.4 Å². The zero-order chi connectivity index (χ0) is 19.1. The van der Waals surface area contributed by atoms with Crippen molar-refractivity contribution in [2.75, 3.05) is 12.3 Å². The van der Waals surface area contributed by atoms with Crippen molar-refractivity contribution >= 4 is 29.3 Å². The highest BCUT2D eigenvalue weighted by molar-refractivity contribution is 7.99. The number of carbonyl (C=O) groups is 1. The summed E-state index contributed by atoms with van der Waals surface area (Å²) < 4.78 is 1.86. The predicted octanol–water partition coefficient (Wildman–Crippen LogP) is 3.98. The summed E-state index contributed by atoms with van der Waals surface area (Å²) in [6.07, 6.45) is 1.87. The Morgan fingerprint density at radius 1 is 1.11 bits per heavy atom. The minimum atomic E-state index is -0.00430. The van der Waals surface area contributed by atoms with E-state index >= 15 is 0 Å². The van der Waals surface area contributed by atoms with Crippen LogP contribution in [0.2, 0.25) is 5.02 Å². The van der Waals surface area contributed by atoms with Crippen molar-refractivity contribution in [1.29, 1.82) is 0 Å². The number of amides is 1. The largest absolute Gasteiger partial charge is 0.355 e. The van der Waals surface area contributed by atoms with E-state index in [-0.39, 0.29) is 5.91 Å². The molecule has 1 amide bonds. The first kappa shape index (κ1) is 19.5. The predicted molar refractivity (Wildman–Crippen MR) is 110 cm³/mol. The zero-order valence-corrected chi connectivity index (χ0v) is 16.6. The SMILES string of the molecule is Cn1c(SCC(=O)NCCCc2ccccc2)nnc1-c1ccccc1Cl. The summed E-state index contributed by atoms with van der Waals surface area (Å²) in [5.41, 5.74) is 2.11. The van der Waals surface area contributed by atoms with Crippen molar-refractivity contribution in [3.8, 4) is 11.4 Å². The second kappa shape index (κ2) is 9.58. The van der Waals surface area contributed by atoms with Crippen LogP contribution in [-0.4, -0.2) is 33.0 Å². The highest BCUT2D eigenvalue weighted by Crippen LogP contribution is 2.28. The zero-order valence-electron chi connectivity index (χ0n) is 15.1. The molecule has 0 saturated carbocycles. The van der Waals surface area contributed by atoms with Gasteiger partial charge in [0.25, 0.3) is 0 Å². The highest BCUT2D eigenvalue weighted by atomic mass is 35.5. The molecule has 0 aliphatic carbocycles. The number of aryl methyl sites for hydroxylation is 1. The van der Waals surface area contributed by atoms with Crippen LogP contribution < -0.4 is 5.32 Å². The molecule has 3 aromatic rings. The Morgan fingerprint density at radius 2 is 1.85 bits per heavy atom. The fourth-order valence-corrected chi connectivity index (χ4v) is 3.62. The van der Waals surface area contributed by atoms with Gasteiger partial charge in [0.1, 0.15) is 0 Å². The summed E-state index contributed by atoms with van der Waals surface area (Å²) in [6, 6.07) is 17.8. The normalized spacial score (nSPS) is 10.7. The van der Waals surface area contributed by atoms with E-state index in [1.807, 2.05) is 54.1 Å². The van der Waals surface area contributed by atoms with Gasteiger partial charge in [0.05, 0.1) is 10.8 Å². The number of rotatable bonds is 8. The Balaban J connectivity index is 1.46. The molecule has 0 aliphatic rings. The van der Waals surface area contributed by atoms with Gasteiger partial charge in [-0.3, -0.25) is 4.79 Å². The van der Waals surface area contributed by atoms with E-state index in [9.17, 15) is 4.79 Å². The van der Waals surface area contributed by atoms with Crippen LogP contribution in [0.4, 0.5) is 0 Å². The molecule has 3 rings (SSSR count). The number of aromatic nitrogens is 3. The average molecular weight is 401 g/mol. The van der Waals surface area contributed by atoms with E-state index in [2.05, 4.69) is 27.6 Å². The molecule has 0 aliphatic heterocycles. The van der Waals surface area contributed by atoms with Crippen LogP contribution >= 0.6 is 23.4 Å². The molecular weight excluding hydrogens is 380 g/mol. The molecule has 0 atom stereocenters. The first-order chi connectivity index (χ1) is 13.1. The van der Waals surface area contributed by atoms with Gasteiger partial charge in [-0.15, -0.1) is 10.2 Å². The second-order valence-electron chi connectivity index (χ2n) is 6.07. The van der Waals surface area contributed by atoms with Crippen molar-refractivity contribution in [3.63, 3.8) is 0 Å². The fraction of sp³-hybridized carbons (Fsp3) is 0.250. The van der Waals surface area contributed by atoms with Crippen LogP contribution in [-0.2, 0) is 18.3 Å². The molecule has 0 saturated heterocycles. The number of halogens is 1. The lowest BCUT2D eigenvalue weighted by atomic mass is 10.1. The monoisotopic (exact) mass is 400 g/mol. The van der Waals surface area contributed by atoms with Gasteiger partial charge >= 0.3 is 0 Å². The molecule has 140 valence electrons. The van der Waals surface area contributed by atoms with Crippen molar-refractivity contribution in [3.05, 3.63) is 65.2 Å². The molecule has 0 fully saturated rings. The summed E-state index contributed by atoms with van der Waals surface area (Å²) in [5.74, 6) is 0.988. The number of benzene rings is 2. The van der Waals surface area contributed by atoms with Gasteiger partial charge in [-0.1, -0.05) is 65.8 Å². The van der Waals surface area contributed by atoms with Crippen LogP contribution in [0, 0.1) is 0 Å². The van der Waals surface area contributed by atoms with Gasteiger partial charge in [0.2, 0.25) is 5.91 Å².